The molecular weight excluding hydrogens is 256 g/mol. The predicted octanol–water partition coefficient (Wildman–Crippen LogP) is 2.44. The molecule has 1 atom stereocenters. The van der Waals surface area contributed by atoms with Crippen molar-refractivity contribution in [3.05, 3.63) is 33.3 Å². The van der Waals surface area contributed by atoms with E-state index in [1.807, 2.05) is 12.1 Å². The van der Waals surface area contributed by atoms with Crippen molar-refractivity contribution in [2.45, 2.75) is 19.4 Å². The highest BCUT2D eigenvalue weighted by atomic mass is 79.9. The van der Waals surface area contributed by atoms with Crippen molar-refractivity contribution in [2.24, 2.45) is 0 Å². The zero-order valence-corrected chi connectivity index (χ0v) is 9.74. The third kappa shape index (κ3) is 2.56. The first-order valence-corrected chi connectivity index (χ1v) is 5.17. The highest BCUT2D eigenvalue weighted by Crippen LogP contribution is 2.28. The maximum Gasteiger partial charge on any atom is 0.0996 e. The molecule has 0 aliphatic rings. The van der Waals surface area contributed by atoms with Gasteiger partial charge in [0.1, 0.15) is 0 Å². The van der Waals surface area contributed by atoms with Gasteiger partial charge in [0, 0.05) is 10.0 Å². The normalized spacial score (nSPS) is 11.5. The topological polar surface area (TPSA) is 67.8 Å². The van der Waals surface area contributed by atoms with Crippen LogP contribution in [0, 0.1) is 22.7 Å². The zero-order chi connectivity index (χ0) is 11.4. The summed E-state index contributed by atoms with van der Waals surface area (Å²) in [6.45, 7) is 1.60. The molecule has 0 heterocycles. The summed E-state index contributed by atoms with van der Waals surface area (Å²) in [5.74, 6) is 0. The summed E-state index contributed by atoms with van der Waals surface area (Å²) < 4.78 is 0.668. The number of hydrogen-bond donors (Lipinski definition) is 1. The zero-order valence-electron chi connectivity index (χ0n) is 8.16. The first kappa shape index (κ1) is 11.7. The van der Waals surface area contributed by atoms with Crippen molar-refractivity contribution < 1.29 is 5.11 Å². The van der Waals surface area contributed by atoms with E-state index < -0.39 is 6.10 Å². The lowest BCUT2D eigenvalue weighted by Crippen LogP contribution is -1.99. The van der Waals surface area contributed by atoms with Gasteiger partial charge in [-0.15, -0.1) is 0 Å². The van der Waals surface area contributed by atoms with Gasteiger partial charge in [-0.05, 0) is 24.6 Å². The van der Waals surface area contributed by atoms with Crippen LogP contribution in [0.25, 0.3) is 0 Å². The van der Waals surface area contributed by atoms with Crippen molar-refractivity contribution in [1.82, 2.24) is 0 Å². The summed E-state index contributed by atoms with van der Waals surface area (Å²) >= 11 is 3.29. The lowest BCUT2D eigenvalue weighted by molar-refractivity contribution is 0.198. The average Bonchev–Trinajstić information content (AvgIpc) is 2.16. The van der Waals surface area contributed by atoms with Crippen molar-refractivity contribution in [3.8, 4) is 12.1 Å². The summed E-state index contributed by atoms with van der Waals surface area (Å²) in [5, 5.41) is 27.0. The van der Waals surface area contributed by atoms with Crippen molar-refractivity contribution >= 4 is 15.9 Å². The van der Waals surface area contributed by atoms with Gasteiger partial charge < -0.3 is 5.11 Å². The van der Waals surface area contributed by atoms with Crippen LogP contribution < -0.4 is 0 Å². The van der Waals surface area contributed by atoms with Gasteiger partial charge in [-0.1, -0.05) is 15.9 Å². The van der Waals surface area contributed by atoms with Gasteiger partial charge >= 0.3 is 0 Å². The van der Waals surface area contributed by atoms with Crippen molar-refractivity contribution in [1.29, 1.82) is 10.5 Å². The molecule has 1 aromatic carbocycles. The standard InChI is InChI=1S/C11H9BrN2O/c1-7(15)11-9(6-14)4-8(2-3-13)5-10(11)12/h4-5,7,15H,2H2,1H3. The fourth-order valence-corrected chi connectivity index (χ4v) is 2.22. The van der Waals surface area contributed by atoms with Crippen LogP contribution in [0.2, 0.25) is 0 Å². The molecule has 1 unspecified atom stereocenters. The number of hydrogen-bond acceptors (Lipinski definition) is 3. The Balaban J connectivity index is 3.34. The Hall–Kier alpha value is -1.36. The molecule has 0 spiro atoms. The van der Waals surface area contributed by atoms with Gasteiger partial charge in [-0.25, -0.2) is 0 Å². The van der Waals surface area contributed by atoms with Crippen LogP contribution in [0.4, 0.5) is 0 Å². The molecule has 0 fully saturated rings. The fraction of sp³-hybridized carbons (Fsp3) is 0.273. The lowest BCUT2D eigenvalue weighted by Gasteiger charge is -2.11. The minimum Gasteiger partial charge on any atom is -0.389 e. The molecule has 4 heteroatoms. The molecule has 0 bridgehead atoms. The largest absolute Gasteiger partial charge is 0.389 e. The molecule has 15 heavy (non-hydrogen) atoms. The minimum absolute atomic E-state index is 0.257. The third-order valence-electron chi connectivity index (χ3n) is 2.01. The summed E-state index contributed by atoms with van der Waals surface area (Å²) in [6, 6.07) is 7.43. The maximum atomic E-state index is 9.49. The number of nitrogens with zero attached hydrogens (tertiary/aromatic N) is 2. The van der Waals surface area contributed by atoms with Gasteiger partial charge in [0.15, 0.2) is 0 Å². The smallest absolute Gasteiger partial charge is 0.0996 e. The SMILES string of the molecule is CC(O)c1c(Br)cc(CC#N)cc1C#N. The van der Waals surface area contributed by atoms with Crippen LogP contribution in [-0.2, 0) is 6.42 Å². The fourth-order valence-electron chi connectivity index (χ4n) is 1.38. The second-order valence-electron chi connectivity index (χ2n) is 3.16. The molecule has 1 rings (SSSR count). The molecule has 0 amide bonds. The molecule has 0 saturated carbocycles. The van der Waals surface area contributed by atoms with Crippen LogP contribution in [0.5, 0.6) is 0 Å². The molecule has 0 aromatic heterocycles. The minimum atomic E-state index is -0.704. The first-order chi connectivity index (χ1) is 7.10. The van der Waals surface area contributed by atoms with E-state index in [2.05, 4.69) is 15.9 Å². The summed E-state index contributed by atoms with van der Waals surface area (Å²) in [5.41, 5.74) is 1.74. The van der Waals surface area contributed by atoms with E-state index in [1.165, 1.54) is 0 Å². The Morgan fingerprint density at radius 3 is 2.60 bits per heavy atom. The number of benzene rings is 1. The van der Waals surface area contributed by atoms with Crippen molar-refractivity contribution in [2.75, 3.05) is 0 Å². The van der Waals surface area contributed by atoms with Crippen LogP contribution in [0.15, 0.2) is 16.6 Å². The third-order valence-corrected chi connectivity index (χ3v) is 2.67. The molecule has 3 nitrogen and oxygen atoms in total. The molecule has 0 radical (unpaired) electrons. The Labute approximate surface area is 96.7 Å². The second-order valence-corrected chi connectivity index (χ2v) is 4.02. The Kier molecular flexibility index (Phi) is 3.85. The number of aliphatic hydroxyl groups is 1. The first-order valence-electron chi connectivity index (χ1n) is 4.37. The molecule has 0 aliphatic heterocycles. The highest BCUT2D eigenvalue weighted by Gasteiger charge is 2.13. The number of rotatable bonds is 2. The van der Waals surface area contributed by atoms with Crippen LogP contribution in [0.1, 0.15) is 29.7 Å². The van der Waals surface area contributed by atoms with E-state index in [-0.39, 0.29) is 6.42 Å². The maximum absolute atomic E-state index is 9.49. The van der Waals surface area contributed by atoms with Crippen molar-refractivity contribution in [3.63, 3.8) is 0 Å². The molecule has 1 aromatic rings. The van der Waals surface area contributed by atoms with Crippen LogP contribution in [-0.4, -0.2) is 5.11 Å². The molecule has 76 valence electrons. The summed E-state index contributed by atoms with van der Waals surface area (Å²) in [4.78, 5) is 0. The Bertz CT molecular complexity index is 455. The van der Waals surface area contributed by atoms with Gasteiger partial charge in [-0.2, -0.15) is 10.5 Å². The molecule has 1 N–H and O–H groups in total. The highest BCUT2D eigenvalue weighted by molar-refractivity contribution is 9.10. The van der Waals surface area contributed by atoms with E-state index in [9.17, 15) is 5.11 Å². The van der Waals surface area contributed by atoms with Crippen LogP contribution >= 0.6 is 15.9 Å². The number of nitriles is 2. The second kappa shape index (κ2) is 4.93. The van der Waals surface area contributed by atoms with Gasteiger partial charge in [0.2, 0.25) is 0 Å². The molecule has 0 aliphatic carbocycles. The summed E-state index contributed by atoms with van der Waals surface area (Å²) in [7, 11) is 0. The van der Waals surface area contributed by atoms with Gasteiger partial charge in [-0.3, -0.25) is 0 Å². The Morgan fingerprint density at radius 2 is 2.13 bits per heavy atom. The van der Waals surface area contributed by atoms with E-state index in [0.717, 1.165) is 5.56 Å². The lowest BCUT2D eigenvalue weighted by atomic mass is 10.00. The predicted molar refractivity (Wildman–Crippen MR) is 58.8 cm³/mol. The monoisotopic (exact) mass is 264 g/mol. The average molecular weight is 265 g/mol. The quantitative estimate of drug-likeness (QED) is 0.892. The Morgan fingerprint density at radius 1 is 1.47 bits per heavy atom. The van der Waals surface area contributed by atoms with Gasteiger partial charge in [0.25, 0.3) is 0 Å². The number of aliphatic hydroxyl groups excluding tert-OH is 1. The van der Waals surface area contributed by atoms with E-state index in [4.69, 9.17) is 10.5 Å². The van der Waals surface area contributed by atoms with Crippen LogP contribution in [0.3, 0.4) is 0 Å². The molecular formula is C11H9BrN2O. The van der Waals surface area contributed by atoms with E-state index in [1.54, 1.807) is 19.1 Å². The van der Waals surface area contributed by atoms with E-state index in [0.29, 0.717) is 15.6 Å². The van der Waals surface area contributed by atoms with Gasteiger partial charge in [0.05, 0.1) is 30.2 Å². The summed E-state index contributed by atoms with van der Waals surface area (Å²) in [6.07, 6.45) is -0.446. The van der Waals surface area contributed by atoms with E-state index >= 15 is 0 Å². The number of halogens is 1. The molecule has 0 saturated heterocycles.